The van der Waals surface area contributed by atoms with Gasteiger partial charge in [-0.3, -0.25) is 24.0 Å². The van der Waals surface area contributed by atoms with Crippen molar-refractivity contribution in [3.05, 3.63) is 111 Å². The highest BCUT2D eigenvalue weighted by Crippen LogP contribution is 2.42. The minimum atomic E-state index is -1.27. The Bertz CT molecular complexity index is 2320. The lowest BCUT2D eigenvalue weighted by atomic mass is 9.90. The number of imide groups is 1. The molecule has 0 radical (unpaired) electrons. The van der Waals surface area contributed by atoms with Gasteiger partial charge in [0.15, 0.2) is 5.43 Å². The number of nitrogens with zero attached hydrogens (tertiary/aromatic N) is 2. The number of phenolic OH excluding ortho intramolecular Hbond substituents is 1. The third kappa shape index (κ3) is 8.42. The molecule has 3 N–H and O–H groups in total. The van der Waals surface area contributed by atoms with E-state index in [0.29, 0.717) is 33.7 Å². The van der Waals surface area contributed by atoms with E-state index in [1.54, 1.807) is 31.3 Å². The van der Waals surface area contributed by atoms with Crippen molar-refractivity contribution >= 4 is 58.3 Å². The van der Waals surface area contributed by atoms with E-state index in [4.69, 9.17) is 9.25 Å². The van der Waals surface area contributed by atoms with Gasteiger partial charge in [0.05, 0.1) is 17.7 Å². The second-order valence-corrected chi connectivity index (χ2v) is 13.6. The molecule has 54 heavy (non-hydrogen) atoms. The molecule has 1 aliphatic carbocycles. The first-order chi connectivity index (χ1) is 25.9. The third-order valence-corrected chi connectivity index (χ3v) is 9.60. The zero-order valence-corrected chi connectivity index (χ0v) is 29.6. The molecule has 1 fully saturated rings. The summed E-state index contributed by atoms with van der Waals surface area (Å²) < 4.78 is 5.87. The third-order valence-electron chi connectivity index (χ3n) is 8.65. The maximum absolute atomic E-state index is 13.2. The Morgan fingerprint density at radius 3 is 2.31 bits per heavy atom. The predicted octanol–water partition coefficient (Wildman–Crippen LogP) is 4.59. The molecule has 14 nitrogen and oxygen atoms in total. The molecule has 1 saturated heterocycles. The quantitative estimate of drug-likeness (QED) is 0.0860. The van der Waals surface area contributed by atoms with E-state index in [9.17, 15) is 43.8 Å². The van der Waals surface area contributed by atoms with Crippen LogP contribution in [0.25, 0.3) is 33.4 Å². The van der Waals surface area contributed by atoms with Gasteiger partial charge in [0.2, 0.25) is 5.91 Å². The van der Waals surface area contributed by atoms with E-state index < -0.39 is 29.7 Å². The predicted molar refractivity (Wildman–Crippen MR) is 196 cm³/mol. The van der Waals surface area contributed by atoms with Crippen LogP contribution in [0.1, 0.15) is 51.1 Å². The number of hydrogen-bond donors (Lipinski definition) is 3. The van der Waals surface area contributed by atoms with Crippen LogP contribution in [-0.4, -0.2) is 74.3 Å². The monoisotopic (exact) mass is 751 g/mol. The van der Waals surface area contributed by atoms with Crippen LogP contribution in [0.3, 0.4) is 0 Å². The molecule has 0 aromatic heterocycles. The molecule has 4 amide bonds. The van der Waals surface area contributed by atoms with Crippen molar-refractivity contribution in [2.24, 2.45) is 0 Å². The van der Waals surface area contributed by atoms with Gasteiger partial charge in [-0.05, 0) is 53.1 Å². The second kappa shape index (κ2) is 16.0. The van der Waals surface area contributed by atoms with Crippen LogP contribution in [-0.2, 0) is 37.1 Å². The van der Waals surface area contributed by atoms with Gasteiger partial charge in [0, 0.05) is 72.9 Å². The van der Waals surface area contributed by atoms with Crippen molar-refractivity contribution in [2.75, 3.05) is 18.6 Å². The van der Waals surface area contributed by atoms with Crippen molar-refractivity contribution in [1.82, 2.24) is 15.3 Å². The molecule has 2 aliphatic heterocycles. The first-order valence-electron chi connectivity index (χ1n) is 16.7. The zero-order valence-electron chi connectivity index (χ0n) is 28.8. The summed E-state index contributed by atoms with van der Waals surface area (Å²) in [5.41, 5.74) is 2.77. The number of phenols is 1. The number of carboxylic acids is 1. The van der Waals surface area contributed by atoms with Gasteiger partial charge in [-0.25, -0.2) is 9.59 Å². The Hall–Kier alpha value is -6.48. The Labute approximate surface area is 311 Å². The van der Waals surface area contributed by atoms with Crippen molar-refractivity contribution in [1.29, 1.82) is 0 Å². The average molecular weight is 752 g/mol. The molecular formula is C39H33N3O11S. The maximum atomic E-state index is 13.2. The molecule has 0 unspecified atom stereocenters. The van der Waals surface area contributed by atoms with Crippen molar-refractivity contribution in [3.8, 4) is 28.2 Å². The molecule has 0 atom stereocenters. The summed E-state index contributed by atoms with van der Waals surface area (Å²) in [7, 11) is 1.65. The number of aromatic hydroxyl groups is 1. The Morgan fingerprint density at radius 2 is 1.59 bits per heavy atom. The molecule has 276 valence electrons. The van der Waals surface area contributed by atoms with Crippen LogP contribution < -0.4 is 10.7 Å². The van der Waals surface area contributed by atoms with Crippen molar-refractivity contribution in [2.45, 2.75) is 32.4 Å². The first kappa shape index (κ1) is 37.3. The van der Waals surface area contributed by atoms with E-state index in [2.05, 4.69) is 5.32 Å². The number of carboxylic acid groups (broad SMARTS) is 1. The fourth-order valence-corrected chi connectivity index (χ4v) is 6.72. The summed E-state index contributed by atoms with van der Waals surface area (Å²) in [6, 6.07) is 20.2. The highest BCUT2D eigenvalue weighted by molar-refractivity contribution is 7.99. The summed E-state index contributed by atoms with van der Waals surface area (Å²) >= 11 is 1.23. The van der Waals surface area contributed by atoms with E-state index in [1.165, 1.54) is 59.1 Å². The van der Waals surface area contributed by atoms with Gasteiger partial charge in [0.1, 0.15) is 17.1 Å². The Morgan fingerprint density at radius 1 is 0.889 bits per heavy atom. The normalized spacial score (nSPS) is 12.6. The highest BCUT2D eigenvalue weighted by Gasteiger charge is 2.32. The number of nitrogens with one attached hydrogen (secondary N) is 1. The highest BCUT2D eigenvalue weighted by atomic mass is 32.2. The van der Waals surface area contributed by atoms with E-state index >= 15 is 0 Å². The number of amides is 4. The number of benzene rings is 4. The SMILES string of the molecule is CN(Cc1ccc(CNC(=O)c2ccc(-c3c4ccc(=O)cc-4oc4cc(O)ccc34)c(C(=O)O)c2)cc1)C(=O)CSCCC(=O)ON1C(=O)CCC1=O. The summed E-state index contributed by atoms with van der Waals surface area (Å²) in [6.45, 7) is 0.463. The number of hydrogen-bond acceptors (Lipinski definition) is 11. The van der Waals surface area contributed by atoms with Gasteiger partial charge in [-0.2, -0.15) is 11.8 Å². The lowest BCUT2D eigenvalue weighted by molar-refractivity contribution is -0.197. The standard InChI is InChI=1S/C39H33N3O11S/c1-41(35(47)21-54-15-14-36(48)53-42-33(45)12-13-34(42)46)20-23-4-2-22(3-5-23)19-40-38(49)24-6-9-27(30(16-24)39(50)51)37-28-10-7-25(43)17-31(28)52-32-18-26(44)8-11-29(32)37/h2-11,16-18,43H,12-15,19-21H2,1H3,(H,40,49)(H,50,51). The zero-order chi connectivity index (χ0) is 38.5. The molecule has 0 spiro atoms. The fourth-order valence-electron chi connectivity index (χ4n) is 5.87. The van der Waals surface area contributed by atoms with Crippen LogP contribution >= 0.6 is 11.8 Å². The number of aromatic carboxylic acids is 1. The minimum absolute atomic E-state index is 0.0139. The van der Waals surface area contributed by atoms with E-state index in [0.717, 1.165) is 11.1 Å². The topological polar surface area (TPSA) is 201 Å². The number of carbonyl (C=O) groups excluding carboxylic acids is 5. The average Bonchev–Trinajstić information content (AvgIpc) is 3.46. The van der Waals surface area contributed by atoms with Crippen LogP contribution in [0.5, 0.6) is 5.75 Å². The van der Waals surface area contributed by atoms with Crippen LogP contribution in [0.2, 0.25) is 0 Å². The Kier molecular flexibility index (Phi) is 11.1. The number of thioether (sulfide) groups is 1. The second-order valence-electron chi connectivity index (χ2n) is 12.5. The van der Waals surface area contributed by atoms with Crippen molar-refractivity contribution < 1.29 is 48.2 Å². The van der Waals surface area contributed by atoms with E-state index in [-0.39, 0.29) is 76.9 Å². The van der Waals surface area contributed by atoms with Gasteiger partial charge < -0.3 is 29.7 Å². The number of carbonyl (C=O) groups is 6. The molecule has 3 aliphatic rings. The maximum Gasteiger partial charge on any atom is 0.336 e. The molecule has 3 aromatic carbocycles. The Balaban J connectivity index is 1.04. The lowest BCUT2D eigenvalue weighted by Crippen LogP contribution is -2.32. The van der Waals surface area contributed by atoms with Gasteiger partial charge in [0.25, 0.3) is 17.7 Å². The molecule has 0 saturated carbocycles. The van der Waals surface area contributed by atoms with Crippen LogP contribution in [0.4, 0.5) is 0 Å². The summed E-state index contributed by atoms with van der Waals surface area (Å²) in [4.78, 5) is 91.9. The van der Waals surface area contributed by atoms with E-state index in [1.807, 2.05) is 12.1 Å². The van der Waals surface area contributed by atoms with Gasteiger partial charge >= 0.3 is 11.9 Å². The number of fused-ring (bicyclic) bond motifs is 2. The fraction of sp³-hybridized carbons (Fsp3) is 0.205. The summed E-state index contributed by atoms with van der Waals surface area (Å²) in [5.74, 6) is -3.24. The number of rotatable bonds is 13. The van der Waals surface area contributed by atoms with Crippen molar-refractivity contribution in [3.63, 3.8) is 0 Å². The van der Waals surface area contributed by atoms with Crippen LogP contribution in [0.15, 0.2) is 88.1 Å². The molecule has 0 bridgehead atoms. The summed E-state index contributed by atoms with van der Waals surface area (Å²) in [5, 5.41) is 24.1. The molecule has 2 heterocycles. The molecule has 15 heteroatoms. The molecule has 3 aromatic rings. The minimum Gasteiger partial charge on any atom is -0.508 e. The molecule has 6 rings (SSSR count). The van der Waals surface area contributed by atoms with Crippen LogP contribution in [0, 0.1) is 0 Å². The van der Waals surface area contributed by atoms with Gasteiger partial charge in [-0.15, -0.1) is 5.06 Å². The number of hydroxylamine groups is 2. The van der Waals surface area contributed by atoms with Gasteiger partial charge in [-0.1, -0.05) is 30.3 Å². The lowest BCUT2D eigenvalue weighted by Gasteiger charge is -2.18. The first-order valence-corrected chi connectivity index (χ1v) is 17.8. The smallest absolute Gasteiger partial charge is 0.336 e. The molecular weight excluding hydrogens is 719 g/mol. The summed E-state index contributed by atoms with van der Waals surface area (Å²) in [6.07, 6.45) is -0.0417. The largest absolute Gasteiger partial charge is 0.508 e.